The zero-order valence-electron chi connectivity index (χ0n) is 15.8. The molecule has 1 saturated heterocycles. The molecule has 28 heavy (non-hydrogen) atoms. The normalized spacial score (nSPS) is 14.4. The summed E-state index contributed by atoms with van der Waals surface area (Å²) in [5.74, 6) is 2.12. The number of halogens is 1. The number of nitrogens with zero attached hydrogens (tertiary/aromatic N) is 1. The highest BCUT2D eigenvalue weighted by atomic mass is 35.5. The monoisotopic (exact) mass is 399 g/mol. The molecule has 0 aliphatic carbocycles. The number of ether oxygens (including phenoxy) is 2. The number of phenols is 1. The zero-order chi connectivity index (χ0) is 18.5. The van der Waals surface area contributed by atoms with Crippen LogP contribution in [0.3, 0.4) is 0 Å². The molecule has 0 amide bonds. The second-order valence-electron chi connectivity index (χ2n) is 6.96. The quantitative estimate of drug-likeness (QED) is 0.583. The van der Waals surface area contributed by atoms with Gasteiger partial charge in [-0.3, -0.25) is 4.90 Å². The minimum Gasteiger partial charge on any atom is -0.504 e. The lowest BCUT2D eigenvalue weighted by molar-refractivity contribution is 0.183. The molecule has 0 radical (unpaired) electrons. The Bertz CT molecular complexity index is 892. The number of hydrogen-bond donors (Lipinski definition) is 1. The molecule has 1 fully saturated rings. The van der Waals surface area contributed by atoms with E-state index in [0.29, 0.717) is 18.1 Å². The van der Waals surface area contributed by atoms with Crippen LogP contribution in [0.15, 0.2) is 60.7 Å². The summed E-state index contributed by atoms with van der Waals surface area (Å²) >= 11 is 0. The van der Waals surface area contributed by atoms with Crippen LogP contribution < -0.4 is 9.47 Å². The van der Waals surface area contributed by atoms with E-state index in [2.05, 4.69) is 4.90 Å². The molecule has 0 aromatic heterocycles. The minimum absolute atomic E-state index is 0. The smallest absolute Gasteiger partial charge is 0.176 e. The molecule has 0 bridgehead atoms. The molecule has 0 unspecified atom stereocenters. The average molecular weight is 400 g/mol. The van der Waals surface area contributed by atoms with E-state index in [1.54, 1.807) is 6.07 Å². The Kier molecular flexibility index (Phi) is 7.01. The Morgan fingerprint density at radius 3 is 2.32 bits per heavy atom. The maximum Gasteiger partial charge on any atom is 0.176 e. The van der Waals surface area contributed by atoms with Crippen LogP contribution in [0.5, 0.6) is 23.0 Å². The maximum atomic E-state index is 10.2. The summed E-state index contributed by atoms with van der Waals surface area (Å²) in [6.45, 7) is 4.04. The van der Waals surface area contributed by atoms with Crippen LogP contribution in [0.1, 0.15) is 19.3 Å². The lowest BCUT2D eigenvalue weighted by Gasteiger charge is -2.26. The molecule has 1 aliphatic heterocycles. The van der Waals surface area contributed by atoms with E-state index in [4.69, 9.17) is 9.47 Å². The third-order valence-corrected chi connectivity index (χ3v) is 5.03. The van der Waals surface area contributed by atoms with Crippen LogP contribution >= 0.6 is 12.4 Å². The summed E-state index contributed by atoms with van der Waals surface area (Å²) in [5, 5.41) is 12.1. The van der Waals surface area contributed by atoms with E-state index in [-0.39, 0.29) is 18.2 Å². The topological polar surface area (TPSA) is 41.9 Å². The van der Waals surface area contributed by atoms with Crippen LogP contribution in [0.2, 0.25) is 0 Å². The molecular weight excluding hydrogens is 374 g/mol. The van der Waals surface area contributed by atoms with Gasteiger partial charge in [0.15, 0.2) is 11.5 Å². The molecule has 148 valence electrons. The lowest BCUT2D eigenvalue weighted by atomic mass is 10.1. The van der Waals surface area contributed by atoms with Crippen LogP contribution in [0.25, 0.3) is 10.8 Å². The predicted molar refractivity (Wildman–Crippen MR) is 115 cm³/mol. The van der Waals surface area contributed by atoms with Gasteiger partial charge in [-0.05, 0) is 61.6 Å². The summed E-state index contributed by atoms with van der Waals surface area (Å²) in [6.07, 6.45) is 3.95. The van der Waals surface area contributed by atoms with Gasteiger partial charge in [-0.2, -0.15) is 0 Å². The van der Waals surface area contributed by atoms with Gasteiger partial charge in [-0.15, -0.1) is 12.4 Å². The molecule has 0 spiro atoms. The number of rotatable bonds is 6. The van der Waals surface area contributed by atoms with Crippen molar-refractivity contribution in [3.05, 3.63) is 60.7 Å². The van der Waals surface area contributed by atoms with Crippen molar-refractivity contribution < 1.29 is 14.6 Å². The van der Waals surface area contributed by atoms with Crippen LogP contribution in [-0.4, -0.2) is 36.2 Å². The molecule has 1 heterocycles. The third-order valence-electron chi connectivity index (χ3n) is 5.03. The van der Waals surface area contributed by atoms with E-state index in [1.165, 1.54) is 32.4 Å². The fourth-order valence-corrected chi connectivity index (χ4v) is 3.54. The molecule has 0 atom stereocenters. The van der Waals surface area contributed by atoms with Crippen molar-refractivity contribution >= 4 is 23.2 Å². The number of fused-ring (bicyclic) bond motifs is 1. The van der Waals surface area contributed by atoms with Gasteiger partial charge >= 0.3 is 0 Å². The van der Waals surface area contributed by atoms with E-state index < -0.39 is 0 Å². The van der Waals surface area contributed by atoms with Crippen molar-refractivity contribution in [3.63, 3.8) is 0 Å². The highest BCUT2D eigenvalue weighted by molar-refractivity contribution is 5.90. The van der Waals surface area contributed by atoms with Gasteiger partial charge in [-0.25, -0.2) is 0 Å². The zero-order valence-corrected chi connectivity index (χ0v) is 16.7. The molecular formula is C23H26ClNO3. The SMILES string of the molecule is Cl.Oc1ccc2ccccc2c1Oc1ccc(OCCN2CCCCC2)cc1. The number of phenolic OH excluding ortho intramolecular Hbond substituents is 1. The Hall–Kier alpha value is -2.43. The summed E-state index contributed by atoms with van der Waals surface area (Å²) in [7, 11) is 0. The molecule has 3 aromatic rings. The highest BCUT2D eigenvalue weighted by Crippen LogP contribution is 2.38. The second-order valence-corrected chi connectivity index (χ2v) is 6.96. The first kappa shape index (κ1) is 20.3. The summed E-state index contributed by atoms with van der Waals surface area (Å²) in [5.41, 5.74) is 0. The fourth-order valence-electron chi connectivity index (χ4n) is 3.54. The highest BCUT2D eigenvalue weighted by Gasteiger charge is 2.11. The van der Waals surface area contributed by atoms with Crippen LogP contribution in [0, 0.1) is 0 Å². The molecule has 0 saturated carbocycles. The van der Waals surface area contributed by atoms with Crippen molar-refractivity contribution in [3.8, 4) is 23.0 Å². The second kappa shape index (κ2) is 9.67. The van der Waals surface area contributed by atoms with Gasteiger partial charge in [0.25, 0.3) is 0 Å². The number of hydrogen-bond acceptors (Lipinski definition) is 4. The number of aromatic hydroxyl groups is 1. The Morgan fingerprint density at radius 1 is 0.821 bits per heavy atom. The van der Waals surface area contributed by atoms with Crippen molar-refractivity contribution in [1.82, 2.24) is 4.90 Å². The van der Waals surface area contributed by atoms with Crippen molar-refractivity contribution in [2.75, 3.05) is 26.2 Å². The minimum atomic E-state index is 0. The van der Waals surface area contributed by atoms with Crippen LogP contribution in [-0.2, 0) is 0 Å². The molecule has 1 aliphatic rings. The number of benzene rings is 3. The van der Waals surface area contributed by atoms with Crippen molar-refractivity contribution in [2.24, 2.45) is 0 Å². The fraction of sp³-hybridized carbons (Fsp3) is 0.304. The Morgan fingerprint density at radius 2 is 1.54 bits per heavy atom. The lowest BCUT2D eigenvalue weighted by Crippen LogP contribution is -2.33. The number of piperidine rings is 1. The summed E-state index contributed by atoms with van der Waals surface area (Å²) in [4.78, 5) is 2.46. The first-order chi connectivity index (χ1) is 13.3. The third kappa shape index (κ3) is 4.89. The van der Waals surface area contributed by atoms with Crippen LogP contribution in [0.4, 0.5) is 0 Å². The Balaban J connectivity index is 0.00000225. The standard InChI is InChI=1S/C23H25NO3.ClH/c25-22-13-8-18-6-2-3-7-21(18)23(22)27-20-11-9-19(10-12-20)26-17-16-24-14-4-1-5-15-24;/h2-3,6-13,25H,1,4-5,14-17H2;1H. The summed E-state index contributed by atoms with van der Waals surface area (Å²) < 4.78 is 11.8. The van der Waals surface area contributed by atoms with Gasteiger partial charge < -0.3 is 14.6 Å². The maximum absolute atomic E-state index is 10.2. The van der Waals surface area contributed by atoms with Crippen molar-refractivity contribution in [1.29, 1.82) is 0 Å². The van der Waals surface area contributed by atoms with E-state index in [9.17, 15) is 5.11 Å². The molecule has 3 aromatic carbocycles. The van der Waals surface area contributed by atoms with Gasteiger partial charge in [0.2, 0.25) is 0 Å². The van der Waals surface area contributed by atoms with Gasteiger partial charge in [-0.1, -0.05) is 36.8 Å². The first-order valence-corrected chi connectivity index (χ1v) is 9.63. The van der Waals surface area contributed by atoms with Gasteiger partial charge in [0.1, 0.15) is 18.1 Å². The van der Waals surface area contributed by atoms with E-state index in [0.717, 1.165) is 23.1 Å². The first-order valence-electron chi connectivity index (χ1n) is 9.63. The largest absolute Gasteiger partial charge is 0.504 e. The molecule has 4 rings (SSSR count). The van der Waals surface area contributed by atoms with E-state index >= 15 is 0 Å². The van der Waals surface area contributed by atoms with Gasteiger partial charge in [0, 0.05) is 11.9 Å². The number of likely N-dealkylation sites (tertiary alicyclic amines) is 1. The molecule has 1 N–H and O–H groups in total. The molecule has 4 nitrogen and oxygen atoms in total. The van der Waals surface area contributed by atoms with Gasteiger partial charge in [0.05, 0.1) is 0 Å². The van der Waals surface area contributed by atoms with E-state index in [1.807, 2.05) is 54.6 Å². The Labute approximate surface area is 172 Å². The summed E-state index contributed by atoms with van der Waals surface area (Å²) in [6, 6.07) is 19.0. The average Bonchev–Trinajstić information content (AvgIpc) is 2.72. The predicted octanol–water partition coefficient (Wildman–Crippen LogP) is 5.62. The molecule has 5 heteroatoms. The van der Waals surface area contributed by atoms with Crippen molar-refractivity contribution in [2.45, 2.75) is 19.3 Å².